The first-order chi connectivity index (χ1) is 10.3. The van der Waals surface area contributed by atoms with Crippen LogP contribution in [0.15, 0.2) is 49.2 Å². The topological polar surface area (TPSA) is 59.1 Å². The van der Waals surface area contributed by atoms with Crippen LogP contribution in [0.3, 0.4) is 0 Å². The molecule has 0 fully saturated rings. The number of methoxy groups -OCH3 is 1. The third kappa shape index (κ3) is 4.80. The van der Waals surface area contributed by atoms with Gasteiger partial charge in [0.15, 0.2) is 0 Å². The highest BCUT2D eigenvalue weighted by Gasteiger charge is 1.99. The minimum absolute atomic E-state index is 0.598. The number of ether oxygens (including phenoxy) is 1. The van der Waals surface area contributed by atoms with Gasteiger partial charge < -0.3 is 15.4 Å². The molecule has 0 aliphatic heterocycles. The Balaban J connectivity index is 1.86. The highest BCUT2D eigenvalue weighted by Crippen LogP contribution is 2.13. The molecule has 0 amide bonds. The van der Waals surface area contributed by atoms with Crippen molar-refractivity contribution in [3.8, 4) is 5.75 Å². The number of nitrogens with zero attached hydrogens (tertiary/aromatic N) is 2. The Morgan fingerprint density at radius 1 is 1.29 bits per heavy atom. The standard InChI is InChI=1S/C16H20N4O/c1-3-9-18-16-19-11-8-15(20-16)17-10-7-13-5-4-6-14(12-13)21-2/h3-6,8,11-12H,1,7,9-10H2,2H3,(H2,17,18,19,20). The molecule has 1 aromatic carbocycles. The third-order valence-corrected chi connectivity index (χ3v) is 2.91. The van der Waals surface area contributed by atoms with E-state index in [9.17, 15) is 0 Å². The van der Waals surface area contributed by atoms with Gasteiger partial charge >= 0.3 is 0 Å². The first-order valence-corrected chi connectivity index (χ1v) is 6.86. The highest BCUT2D eigenvalue weighted by molar-refractivity contribution is 5.40. The number of anilines is 2. The first-order valence-electron chi connectivity index (χ1n) is 6.86. The number of hydrogen-bond donors (Lipinski definition) is 2. The summed E-state index contributed by atoms with van der Waals surface area (Å²) in [7, 11) is 1.68. The molecule has 0 saturated carbocycles. The fraction of sp³-hybridized carbons (Fsp3) is 0.250. The molecule has 5 nitrogen and oxygen atoms in total. The van der Waals surface area contributed by atoms with Gasteiger partial charge in [0, 0.05) is 19.3 Å². The molecule has 5 heteroatoms. The Hall–Kier alpha value is -2.56. The number of hydrogen-bond acceptors (Lipinski definition) is 5. The molecule has 110 valence electrons. The second kappa shape index (κ2) is 7.89. The van der Waals surface area contributed by atoms with Crippen molar-refractivity contribution in [2.45, 2.75) is 6.42 Å². The van der Waals surface area contributed by atoms with Gasteiger partial charge in [-0.1, -0.05) is 18.2 Å². The van der Waals surface area contributed by atoms with E-state index in [1.165, 1.54) is 5.56 Å². The third-order valence-electron chi connectivity index (χ3n) is 2.91. The Morgan fingerprint density at radius 2 is 2.19 bits per heavy atom. The maximum absolute atomic E-state index is 5.22. The summed E-state index contributed by atoms with van der Waals surface area (Å²) in [5.74, 6) is 2.28. The van der Waals surface area contributed by atoms with E-state index >= 15 is 0 Å². The lowest BCUT2D eigenvalue weighted by molar-refractivity contribution is 0.414. The van der Waals surface area contributed by atoms with Crippen LogP contribution < -0.4 is 15.4 Å². The molecule has 0 unspecified atom stereocenters. The van der Waals surface area contributed by atoms with Crippen molar-refractivity contribution in [2.24, 2.45) is 0 Å². The average molecular weight is 284 g/mol. The molecule has 0 bridgehead atoms. The van der Waals surface area contributed by atoms with Gasteiger partial charge in [-0.05, 0) is 30.2 Å². The van der Waals surface area contributed by atoms with Gasteiger partial charge in [-0.3, -0.25) is 0 Å². The lowest BCUT2D eigenvalue weighted by Gasteiger charge is -2.08. The Kier molecular flexibility index (Phi) is 5.58. The van der Waals surface area contributed by atoms with Crippen molar-refractivity contribution in [3.63, 3.8) is 0 Å². The Morgan fingerprint density at radius 3 is 3.00 bits per heavy atom. The molecular formula is C16H20N4O. The second-order valence-electron chi connectivity index (χ2n) is 4.46. The van der Waals surface area contributed by atoms with E-state index in [1.807, 2.05) is 24.3 Å². The van der Waals surface area contributed by atoms with Gasteiger partial charge in [-0.2, -0.15) is 4.98 Å². The number of benzene rings is 1. The van der Waals surface area contributed by atoms with Gasteiger partial charge in [-0.25, -0.2) is 4.98 Å². The first kappa shape index (κ1) is 14.8. The summed E-state index contributed by atoms with van der Waals surface area (Å²) in [5, 5.41) is 6.35. The van der Waals surface area contributed by atoms with Crippen LogP contribution in [0.5, 0.6) is 5.75 Å². The number of nitrogens with one attached hydrogen (secondary N) is 2. The SMILES string of the molecule is C=CCNc1nccc(NCCc2cccc(OC)c2)n1. The van der Waals surface area contributed by atoms with E-state index in [0.717, 1.165) is 24.5 Å². The summed E-state index contributed by atoms with van der Waals surface area (Å²) in [6, 6.07) is 9.92. The molecule has 2 N–H and O–H groups in total. The molecule has 0 radical (unpaired) electrons. The molecule has 0 saturated heterocycles. The molecule has 0 aliphatic carbocycles. The van der Waals surface area contributed by atoms with Crippen LogP contribution in [0.4, 0.5) is 11.8 Å². The monoisotopic (exact) mass is 284 g/mol. The number of aromatic nitrogens is 2. The minimum atomic E-state index is 0.598. The van der Waals surface area contributed by atoms with Crippen LogP contribution in [0.1, 0.15) is 5.56 Å². The van der Waals surface area contributed by atoms with Crippen molar-refractivity contribution >= 4 is 11.8 Å². The quantitative estimate of drug-likeness (QED) is 0.730. The predicted molar refractivity (Wildman–Crippen MR) is 85.9 cm³/mol. The van der Waals surface area contributed by atoms with Crippen LogP contribution in [-0.4, -0.2) is 30.2 Å². The van der Waals surface area contributed by atoms with Gasteiger partial charge in [0.05, 0.1) is 7.11 Å². The Labute approximate surface area is 125 Å². The smallest absolute Gasteiger partial charge is 0.224 e. The van der Waals surface area contributed by atoms with Crippen LogP contribution >= 0.6 is 0 Å². The van der Waals surface area contributed by atoms with E-state index < -0.39 is 0 Å². The summed E-state index contributed by atoms with van der Waals surface area (Å²) in [5.41, 5.74) is 1.22. The van der Waals surface area contributed by atoms with E-state index in [0.29, 0.717) is 12.5 Å². The molecule has 0 atom stereocenters. The molecule has 0 spiro atoms. The van der Waals surface area contributed by atoms with Crippen LogP contribution in [0.25, 0.3) is 0 Å². The molecule has 1 heterocycles. The highest BCUT2D eigenvalue weighted by atomic mass is 16.5. The normalized spacial score (nSPS) is 9.95. The van der Waals surface area contributed by atoms with Gasteiger partial charge in [0.2, 0.25) is 5.95 Å². The zero-order chi connectivity index (χ0) is 14.9. The summed E-state index contributed by atoms with van der Waals surface area (Å²) < 4.78 is 5.22. The largest absolute Gasteiger partial charge is 0.497 e. The molecule has 21 heavy (non-hydrogen) atoms. The van der Waals surface area contributed by atoms with Gasteiger partial charge in [-0.15, -0.1) is 6.58 Å². The Bertz CT molecular complexity index is 586. The maximum Gasteiger partial charge on any atom is 0.224 e. The second-order valence-corrected chi connectivity index (χ2v) is 4.46. The van der Waals surface area contributed by atoms with Crippen molar-refractivity contribution in [1.29, 1.82) is 0 Å². The zero-order valence-electron chi connectivity index (χ0n) is 12.2. The number of rotatable bonds is 8. The lowest BCUT2D eigenvalue weighted by atomic mass is 10.1. The van der Waals surface area contributed by atoms with E-state index in [1.54, 1.807) is 19.4 Å². The molecular weight excluding hydrogens is 264 g/mol. The van der Waals surface area contributed by atoms with Crippen molar-refractivity contribution in [2.75, 3.05) is 30.8 Å². The minimum Gasteiger partial charge on any atom is -0.497 e. The molecule has 2 rings (SSSR count). The zero-order valence-corrected chi connectivity index (χ0v) is 12.2. The summed E-state index contributed by atoms with van der Waals surface area (Å²) in [4.78, 5) is 8.51. The van der Waals surface area contributed by atoms with E-state index in [-0.39, 0.29) is 0 Å². The average Bonchev–Trinajstić information content (AvgIpc) is 2.53. The summed E-state index contributed by atoms with van der Waals surface area (Å²) in [6.07, 6.45) is 4.40. The fourth-order valence-corrected chi connectivity index (χ4v) is 1.87. The summed E-state index contributed by atoms with van der Waals surface area (Å²) in [6.45, 7) is 5.09. The summed E-state index contributed by atoms with van der Waals surface area (Å²) >= 11 is 0. The van der Waals surface area contributed by atoms with Crippen molar-refractivity contribution < 1.29 is 4.74 Å². The van der Waals surface area contributed by atoms with E-state index in [4.69, 9.17) is 4.74 Å². The predicted octanol–water partition coefficient (Wildman–Crippen LogP) is 2.74. The fourth-order valence-electron chi connectivity index (χ4n) is 1.87. The lowest BCUT2D eigenvalue weighted by Crippen LogP contribution is -2.09. The van der Waals surface area contributed by atoms with Crippen molar-refractivity contribution in [3.05, 3.63) is 54.7 Å². The van der Waals surface area contributed by atoms with Crippen LogP contribution in [-0.2, 0) is 6.42 Å². The van der Waals surface area contributed by atoms with Gasteiger partial charge in [0.25, 0.3) is 0 Å². The van der Waals surface area contributed by atoms with Gasteiger partial charge in [0.1, 0.15) is 11.6 Å². The van der Waals surface area contributed by atoms with Crippen molar-refractivity contribution in [1.82, 2.24) is 9.97 Å². The molecule has 1 aromatic heterocycles. The maximum atomic E-state index is 5.22. The molecule has 0 aliphatic rings. The van der Waals surface area contributed by atoms with Crippen LogP contribution in [0, 0.1) is 0 Å². The van der Waals surface area contributed by atoms with E-state index in [2.05, 4.69) is 33.2 Å². The molecule has 2 aromatic rings. The van der Waals surface area contributed by atoms with Crippen LogP contribution in [0.2, 0.25) is 0 Å².